The first-order valence-corrected chi connectivity index (χ1v) is 26.4. The van der Waals surface area contributed by atoms with Crippen molar-refractivity contribution >= 4 is 0 Å². The highest BCUT2D eigenvalue weighted by molar-refractivity contribution is 5.45. The maximum Gasteiger partial charge on any atom is 0.395 e. The van der Waals surface area contributed by atoms with Crippen molar-refractivity contribution in [1.29, 1.82) is 0 Å². The number of para-hydroxylation sites is 4. The third kappa shape index (κ3) is 13.2. The Kier molecular flexibility index (Phi) is 19.2. The minimum absolute atomic E-state index is 0.164. The fourth-order valence-electron chi connectivity index (χ4n) is 10.3. The minimum Gasteiger partial charge on any atom is -0.444 e. The maximum absolute atomic E-state index is 7.87. The molecule has 0 spiro atoms. The van der Waals surface area contributed by atoms with Gasteiger partial charge >= 0.3 is 11.7 Å². The monoisotopic (exact) mass is 902 g/mol. The number of rotatable bonds is 28. The third-order valence-corrected chi connectivity index (χ3v) is 14.7. The van der Waals surface area contributed by atoms with Gasteiger partial charge in [0.2, 0.25) is 0 Å². The van der Waals surface area contributed by atoms with Crippen LogP contribution < -0.4 is 24.3 Å². The molecule has 1 aliphatic rings. The van der Waals surface area contributed by atoms with Crippen molar-refractivity contribution in [2.75, 3.05) is 6.54 Å². The zero-order valence-corrected chi connectivity index (χ0v) is 43.8. The Morgan fingerprint density at radius 1 is 0.394 bits per heavy atom. The molecular weight excluding hydrogens is 811 g/mol. The maximum atomic E-state index is 7.87. The molecule has 364 valence electrons. The van der Waals surface area contributed by atoms with Crippen LogP contribution in [0.25, 0.3) is 0 Å². The number of hydrogen-bond donors (Lipinski definition) is 1. The predicted octanol–water partition coefficient (Wildman–Crippen LogP) is 17.5. The molecule has 1 fully saturated rings. The lowest BCUT2D eigenvalue weighted by Gasteiger charge is -2.51. The second kappa shape index (κ2) is 23.9. The molecule has 0 bridgehead atoms. The fourth-order valence-corrected chi connectivity index (χ4v) is 10.3. The van der Waals surface area contributed by atoms with E-state index in [0.717, 1.165) is 103 Å². The van der Waals surface area contributed by atoms with Gasteiger partial charge < -0.3 is 18.9 Å². The molecule has 66 heavy (non-hydrogen) atoms. The van der Waals surface area contributed by atoms with Gasteiger partial charge in [0.1, 0.15) is 23.0 Å². The van der Waals surface area contributed by atoms with Gasteiger partial charge in [-0.15, -0.1) is 0 Å². The SMILES string of the molecule is CCCCCC(C)(C)c1ccccc1OC1(Oc2ccccc2C(C)(C)CCCCC)CCCNC1(Oc1ccccc1C(C)(C)CCCCC)Oc1ccccc1C(C)(C)CCCCC. The van der Waals surface area contributed by atoms with Crippen LogP contribution in [-0.4, -0.2) is 18.2 Å². The van der Waals surface area contributed by atoms with Crippen molar-refractivity contribution in [3.05, 3.63) is 119 Å². The van der Waals surface area contributed by atoms with E-state index in [1.807, 2.05) is 0 Å². The zero-order chi connectivity index (χ0) is 47.9. The van der Waals surface area contributed by atoms with Gasteiger partial charge in [-0.05, 0) is 89.2 Å². The molecule has 5 nitrogen and oxygen atoms in total. The first-order valence-electron chi connectivity index (χ1n) is 26.4. The molecule has 0 radical (unpaired) electrons. The number of unbranched alkanes of at least 4 members (excludes halogenated alkanes) is 8. The van der Waals surface area contributed by atoms with E-state index >= 15 is 0 Å². The van der Waals surface area contributed by atoms with E-state index in [4.69, 9.17) is 18.9 Å². The molecule has 1 aliphatic heterocycles. The molecule has 4 aromatic rings. The van der Waals surface area contributed by atoms with Crippen LogP contribution in [0.3, 0.4) is 0 Å². The molecule has 5 rings (SSSR count). The highest BCUT2D eigenvalue weighted by Crippen LogP contribution is 2.49. The molecule has 1 saturated heterocycles. The lowest BCUT2D eigenvalue weighted by Crippen LogP contribution is -2.77. The summed E-state index contributed by atoms with van der Waals surface area (Å²) in [7, 11) is 0. The standard InChI is InChI=1S/C61H91NO4/c1-13-17-29-42-56(5,6)48-34-21-25-38-52(48)63-60(64-53-39-26-22-35-49(53)57(7,8)43-30-18-14-2)46-33-47-62-61(60,65-54-40-27-23-36-50(54)58(9,10)44-31-19-15-3)66-55-41-28-24-37-51(55)59(11,12)45-32-20-16-4/h21-28,34-41,62H,13-20,29-33,42-47H2,1-12H3. The van der Waals surface area contributed by atoms with Crippen molar-refractivity contribution in [2.45, 2.75) is 232 Å². The van der Waals surface area contributed by atoms with Crippen LogP contribution in [0.15, 0.2) is 97.1 Å². The van der Waals surface area contributed by atoms with Gasteiger partial charge in [-0.1, -0.05) is 233 Å². The van der Waals surface area contributed by atoms with Crippen LogP contribution in [0, 0.1) is 0 Å². The van der Waals surface area contributed by atoms with Gasteiger partial charge in [0.25, 0.3) is 0 Å². The van der Waals surface area contributed by atoms with Gasteiger partial charge in [0.15, 0.2) is 0 Å². The van der Waals surface area contributed by atoms with E-state index in [9.17, 15) is 0 Å². The molecule has 0 atom stereocenters. The van der Waals surface area contributed by atoms with Crippen LogP contribution >= 0.6 is 0 Å². The number of nitrogens with one attached hydrogen (secondary N) is 1. The summed E-state index contributed by atoms with van der Waals surface area (Å²) >= 11 is 0. The topological polar surface area (TPSA) is 49.0 Å². The molecule has 0 saturated carbocycles. The Balaban J connectivity index is 1.83. The fraction of sp³-hybridized carbons (Fsp3) is 0.607. The molecule has 1 N–H and O–H groups in total. The first-order chi connectivity index (χ1) is 31.5. The Morgan fingerprint density at radius 3 is 0.955 bits per heavy atom. The largest absolute Gasteiger partial charge is 0.444 e. The van der Waals surface area contributed by atoms with Crippen molar-refractivity contribution < 1.29 is 18.9 Å². The van der Waals surface area contributed by atoms with Gasteiger partial charge in [0.05, 0.1) is 0 Å². The predicted molar refractivity (Wildman–Crippen MR) is 280 cm³/mol. The summed E-state index contributed by atoms with van der Waals surface area (Å²) in [4.78, 5) is 0. The lowest BCUT2D eigenvalue weighted by atomic mass is 9.79. The molecule has 5 heteroatoms. The normalized spacial score (nSPS) is 15.3. The van der Waals surface area contributed by atoms with Gasteiger partial charge in [-0.2, -0.15) is 0 Å². The average Bonchev–Trinajstić information content (AvgIpc) is 3.28. The number of benzene rings is 4. The quantitative estimate of drug-likeness (QED) is 0.0455. The Hall–Kier alpha value is -3.96. The number of hydrogen-bond acceptors (Lipinski definition) is 5. The van der Waals surface area contributed by atoms with E-state index in [1.54, 1.807) is 0 Å². The highest BCUT2D eigenvalue weighted by atomic mass is 16.8. The summed E-state index contributed by atoms with van der Waals surface area (Å²) < 4.78 is 31.4. The van der Waals surface area contributed by atoms with Crippen molar-refractivity contribution in [3.8, 4) is 23.0 Å². The average molecular weight is 902 g/mol. The van der Waals surface area contributed by atoms with Crippen LogP contribution in [0.1, 0.15) is 221 Å². The van der Waals surface area contributed by atoms with Crippen molar-refractivity contribution in [2.24, 2.45) is 0 Å². The number of ether oxygens (including phenoxy) is 4. The molecule has 0 amide bonds. The lowest BCUT2D eigenvalue weighted by molar-refractivity contribution is -0.332. The third-order valence-electron chi connectivity index (χ3n) is 14.7. The second-order valence-electron chi connectivity index (χ2n) is 22.2. The van der Waals surface area contributed by atoms with Crippen molar-refractivity contribution in [1.82, 2.24) is 5.32 Å². The Labute approximate surface area is 403 Å². The first kappa shape index (κ1) is 53.0. The summed E-state index contributed by atoms with van der Waals surface area (Å²) in [5, 5.41) is 3.93. The van der Waals surface area contributed by atoms with Gasteiger partial charge in [0, 0.05) is 24.1 Å². The highest BCUT2D eigenvalue weighted by Gasteiger charge is 2.65. The molecule has 0 aromatic heterocycles. The van der Waals surface area contributed by atoms with Crippen LogP contribution in [0.5, 0.6) is 23.0 Å². The number of piperidine rings is 1. The molecule has 0 unspecified atom stereocenters. The summed E-state index contributed by atoms with van der Waals surface area (Å²) in [5.74, 6) is -0.0530. The molecule has 0 aliphatic carbocycles. The molecule has 1 heterocycles. The van der Waals surface area contributed by atoms with E-state index in [2.05, 4.69) is 185 Å². The summed E-state index contributed by atoms with van der Waals surface area (Å²) in [6.07, 6.45) is 19.5. The summed E-state index contributed by atoms with van der Waals surface area (Å²) in [6.45, 7) is 28.6. The Bertz CT molecular complexity index is 1780. The van der Waals surface area contributed by atoms with E-state index in [0.29, 0.717) is 13.0 Å². The smallest absolute Gasteiger partial charge is 0.395 e. The Morgan fingerprint density at radius 2 is 0.667 bits per heavy atom. The van der Waals surface area contributed by atoms with Crippen LogP contribution in [0.4, 0.5) is 0 Å². The van der Waals surface area contributed by atoms with E-state index in [1.165, 1.54) is 51.4 Å². The van der Waals surface area contributed by atoms with Gasteiger partial charge in [-0.3, -0.25) is 0 Å². The second-order valence-corrected chi connectivity index (χ2v) is 22.2. The van der Waals surface area contributed by atoms with Crippen LogP contribution in [0.2, 0.25) is 0 Å². The summed E-state index contributed by atoms with van der Waals surface area (Å²) in [5.41, 5.74) is 3.94. The van der Waals surface area contributed by atoms with Gasteiger partial charge in [-0.25, -0.2) is 5.32 Å². The summed E-state index contributed by atoms with van der Waals surface area (Å²) in [6, 6.07) is 34.5. The minimum atomic E-state index is -1.66. The van der Waals surface area contributed by atoms with E-state index in [-0.39, 0.29) is 21.7 Å². The van der Waals surface area contributed by atoms with Crippen molar-refractivity contribution in [3.63, 3.8) is 0 Å². The van der Waals surface area contributed by atoms with Crippen LogP contribution in [-0.2, 0) is 21.7 Å². The zero-order valence-electron chi connectivity index (χ0n) is 43.8. The molecule has 4 aromatic carbocycles. The van der Waals surface area contributed by atoms with E-state index < -0.39 is 11.7 Å². The molecular formula is C61H91NO4.